The number of rotatable bonds is 6. The van der Waals surface area contributed by atoms with Crippen LogP contribution in [0, 0.1) is 31.1 Å². The largest absolute Gasteiger partial charge is 0.496 e. The van der Waals surface area contributed by atoms with Crippen LogP contribution in [-0.2, 0) is 17.8 Å². The molecule has 0 aliphatic carbocycles. The molecule has 0 aliphatic rings. The van der Waals surface area contributed by atoms with Gasteiger partial charge in [-0.05, 0) is 38.0 Å². The summed E-state index contributed by atoms with van der Waals surface area (Å²) in [5.41, 5.74) is 3.57. The van der Waals surface area contributed by atoms with E-state index in [1.165, 1.54) is 12.0 Å². The van der Waals surface area contributed by atoms with Crippen molar-refractivity contribution in [2.75, 3.05) is 19.1 Å². The van der Waals surface area contributed by atoms with E-state index in [2.05, 4.69) is 25.0 Å². The second kappa shape index (κ2) is 8.58. The van der Waals surface area contributed by atoms with Crippen LogP contribution in [0.1, 0.15) is 36.4 Å². The van der Waals surface area contributed by atoms with Crippen molar-refractivity contribution >= 4 is 11.8 Å². The molecule has 7 nitrogen and oxygen atoms in total. The zero-order chi connectivity index (χ0) is 20.1. The Morgan fingerprint density at radius 1 is 1.33 bits per heavy atom. The number of nitriles is 1. The van der Waals surface area contributed by atoms with Crippen molar-refractivity contribution in [2.24, 2.45) is 5.92 Å². The molecule has 2 rings (SSSR count). The molecule has 2 aromatic rings. The average molecular weight is 370 g/mol. The summed E-state index contributed by atoms with van der Waals surface area (Å²) in [4.78, 5) is 14.1. The zero-order valence-corrected chi connectivity index (χ0v) is 16.7. The first-order valence-electron chi connectivity index (χ1n) is 8.78. The smallest absolute Gasteiger partial charge is 0.414 e. The first-order chi connectivity index (χ1) is 12.8. The number of methoxy groups -OCH3 is 2. The Balaban J connectivity index is 2.51. The molecule has 0 saturated heterocycles. The van der Waals surface area contributed by atoms with Crippen LogP contribution in [0.4, 0.5) is 10.5 Å². The molecule has 1 aromatic carbocycles. The predicted octanol–water partition coefficient (Wildman–Crippen LogP) is 3.81. The van der Waals surface area contributed by atoms with E-state index < -0.39 is 6.09 Å². The quantitative estimate of drug-likeness (QED) is 0.772. The molecule has 0 aliphatic heterocycles. The van der Waals surface area contributed by atoms with Gasteiger partial charge in [0.2, 0.25) is 0 Å². The molecule has 0 radical (unpaired) electrons. The van der Waals surface area contributed by atoms with Gasteiger partial charge in [-0.15, -0.1) is 0 Å². The van der Waals surface area contributed by atoms with Crippen molar-refractivity contribution < 1.29 is 14.3 Å². The van der Waals surface area contributed by atoms with E-state index in [0.717, 1.165) is 23.5 Å². The molecular formula is C20H26N4O3. The van der Waals surface area contributed by atoms with Gasteiger partial charge in [0.15, 0.2) is 0 Å². The van der Waals surface area contributed by atoms with Crippen LogP contribution in [-0.4, -0.2) is 30.1 Å². The van der Waals surface area contributed by atoms with Crippen molar-refractivity contribution in [1.82, 2.24) is 9.78 Å². The van der Waals surface area contributed by atoms with Gasteiger partial charge in [-0.2, -0.15) is 10.4 Å². The number of hydrogen-bond acceptors (Lipinski definition) is 5. The van der Waals surface area contributed by atoms with Crippen LogP contribution in [0.3, 0.4) is 0 Å². The van der Waals surface area contributed by atoms with Crippen molar-refractivity contribution in [3.05, 3.63) is 40.7 Å². The van der Waals surface area contributed by atoms with Crippen LogP contribution in [0.15, 0.2) is 18.2 Å². The normalized spacial score (nSPS) is 10.6. The number of amides is 1. The first-order valence-corrected chi connectivity index (χ1v) is 8.78. The minimum absolute atomic E-state index is 0.209. The summed E-state index contributed by atoms with van der Waals surface area (Å²) in [5.74, 6) is 1.03. The van der Waals surface area contributed by atoms with Crippen LogP contribution >= 0.6 is 0 Å². The molecule has 0 bridgehead atoms. The highest BCUT2D eigenvalue weighted by atomic mass is 16.5. The number of anilines is 1. The highest BCUT2D eigenvalue weighted by Gasteiger charge is 2.26. The van der Waals surface area contributed by atoms with E-state index in [1.807, 2.05) is 18.5 Å². The third kappa shape index (κ3) is 4.40. The van der Waals surface area contributed by atoms with Gasteiger partial charge in [-0.1, -0.05) is 13.8 Å². The zero-order valence-electron chi connectivity index (χ0n) is 16.7. The molecule has 0 unspecified atom stereocenters. The van der Waals surface area contributed by atoms with Crippen LogP contribution < -0.4 is 9.64 Å². The Hall–Kier alpha value is -3.01. The molecular weight excluding hydrogens is 344 g/mol. The summed E-state index contributed by atoms with van der Waals surface area (Å²) in [7, 11) is 2.91. The summed E-state index contributed by atoms with van der Waals surface area (Å²) in [6, 6.07) is 7.25. The predicted molar refractivity (Wildman–Crippen MR) is 103 cm³/mol. The molecule has 7 heteroatoms. The monoisotopic (exact) mass is 370 g/mol. The van der Waals surface area contributed by atoms with Crippen LogP contribution in [0.5, 0.6) is 5.75 Å². The van der Waals surface area contributed by atoms with Gasteiger partial charge < -0.3 is 9.47 Å². The van der Waals surface area contributed by atoms with Gasteiger partial charge in [-0.3, -0.25) is 9.58 Å². The van der Waals surface area contributed by atoms with E-state index in [9.17, 15) is 10.1 Å². The minimum Gasteiger partial charge on any atom is -0.496 e. The highest BCUT2D eigenvalue weighted by Crippen LogP contribution is 2.30. The maximum absolute atomic E-state index is 12.6. The number of hydrogen-bond donors (Lipinski definition) is 0. The fourth-order valence-corrected chi connectivity index (χ4v) is 3.09. The lowest BCUT2D eigenvalue weighted by Gasteiger charge is -2.23. The van der Waals surface area contributed by atoms with Crippen molar-refractivity contribution in [3.8, 4) is 11.8 Å². The summed E-state index contributed by atoms with van der Waals surface area (Å²) in [6.07, 6.45) is -0.491. The number of nitrogens with zero attached hydrogens (tertiary/aromatic N) is 4. The summed E-state index contributed by atoms with van der Waals surface area (Å²) >= 11 is 0. The average Bonchev–Trinajstić information content (AvgIpc) is 2.91. The second-order valence-electron chi connectivity index (χ2n) is 6.79. The highest BCUT2D eigenvalue weighted by molar-refractivity contribution is 5.89. The van der Waals surface area contributed by atoms with E-state index in [1.54, 1.807) is 25.3 Å². The van der Waals surface area contributed by atoms with Crippen LogP contribution in [0.2, 0.25) is 0 Å². The van der Waals surface area contributed by atoms with Gasteiger partial charge in [0, 0.05) is 12.1 Å². The van der Waals surface area contributed by atoms with Crippen LogP contribution in [0.25, 0.3) is 0 Å². The molecule has 1 heterocycles. The fraction of sp³-hybridized carbons (Fsp3) is 0.450. The number of ether oxygens (including phenoxy) is 2. The van der Waals surface area contributed by atoms with Gasteiger partial charge in [0.25, 0.3) is 0 Å². The van der Waals surface area contributed by atoms with Crippen molar-refractivity contribution in [1.29, 1.82) is 5.26 Å². The molecule has 0 saturated carbocycles. The number of aromatic nitrogens is 2. The lowest BCUT2D eigenvalue weighted by molar-refractivity contribution is 0.178. The second-order valence-corrected chi connectivity index (χ2v) is 6.79. The summed E-state index contributed by atoms with van der Waals surface area (Å²) < 4.78 is 12.3. The maximum Gasteiger partial charge on any atom is 0.414 e. The van der Waals surface area contributed by atoms with Gasteiger partial charge in [0.05, 0.1) is 49.5 Å². The lowest BCUT2D eigenvalue weighted by atomic mass is 10.1. The summed E-state index contributed by atoms with van der Waals surface area (Å²) in [6.45, 7) is 9.02. The summed E-state index contributed by atoms with van der Waals surface area (Å²) in [5, 5.41) is 13.8. The fourth-order valence-electron chi connectivity index (χ4n) is 3.09. The Morgan fingerprint density at radius 3 is 2.59 bits per heavy atom. The molecule has 144 valence electrons. The molecule has 0 spiro atoms. The van der Waals surface area contributed by atoms with E-state index >= 15 is 0 Å². The Labute approximate surface area is 160 Å². The van der Waals surface area contributed by atoms with Gasteiger partial charge >= 0.3 is 6.09 Å². The lowest BCUT2D eigenvalue weighted by Crippen LogP contribution is -2.31. The number of aryl methyl sites for hydroxylation is 1. The molecule has 0 fully saturated rings. The first kappa shape index (κ1) is 20.3. The number of carbonyl (C=O) groups excluding carboxylic acids is 1. The minimum atomic E-state index is -0.491. The van der Waals surface area contributed by atoms with E-state index in [4.69, 9.17) is 9.47 Å². The standard InChI is InChI=1S/C20H26N4O3/c1-13(2)11-24-15(4)19(14(3)22-24)23(20(25)27-6)12-17-9-16(10-21)7-8-18(17)26-5/h7-9,13H,11-12H2,1-6H3. The third-order valence-corrected chi connectivity index (χ3v) is 4.28. The number of carbonyl (C=O) groups is 1. The Bertz CT molecular complexity index is 865. The van der Waals surface area contributed by atoms with E-state index in [0.29, 0.717) is 22.9 Å². The third-order valence-electron chi connectivity index (χ3n) is 4.28. The van der Waals surface area contributed by atoms with Gasteiger partial charge in [0.1, 0.15) is 5.75 Å². The topological polar surface area (TPSA) is 80.4 Å². The number of benzene rings is 1. The Kier molecular flexibility index (Phi) is 6.45. The molecule has 0 N–H and O–H groups in total. The molecule has 0 atom stereocenters. The molecule has 1 aromatic heterocycles. The maximum atomic E-state index is 12.6. The Morgan fingerprint density at radius 2 is 2.04 bits per heavy atom. The van der Waals surface area contributed by atoms with E-state index in [-0.39, 0.29) is 6.54 Å². The molecule has 27 heavy (non-hydrogen) atoms. The van der Waals surface area contributed by atoms with Crippen molar-refractivity contribution in [2.45, 2.75) is 40.8 Å². The SMILES string of the molecule is COC(=O)N(Cc1cc(C#N)ccc1OC)c1c(C)nn(CC(C)C)c1C. The van der Waals surface area contributed by atoms with Crippen molar-refractivity contribution in [3.63, 3.8) is 0 Å². The van der Waals surface area contributed by atoms with Gasteiger partial charge in [-0.25, -0.2) is 4.79 Å². The molecule has 1 amide bonds.